The molecule has 0 spiro atoms. The second kappa shape index (κ2) is 6.79. The van der Waals surface area contributed by atoms with E-state index >= 15 is 0 Å². The lowest BCUT2D eigenvalue weighted by Gasteiger charge is -2.04. The molecule has 2 aromatic carbocycles. The first-order chi connectivity index (χ1) is 8.29. The maximum atomic E-state index is 5.63. The molecule has 2 aromatic rings. The third kappa shape index (κ3) is 3.67. The molecule has 0 heterocycles. The Labute approximate surface area is 105 Å². The molecular weight excluding hydrogens is 207 g/mol. The van der Waals surface area contributed by atoms with Crippen molar-refractivity contribution in [2.45, 2.75) is 13.8 Å². The molecule has 0 saturated carbocycles. The topological polar surface area (TPSA) is 9.23 Å². The summed E-state index contributed by atoms with van der Waals surface area (Å²) in [5, 5.41) is 0. The van der Waals surface area contributed by atoms with Gasteiger partial charge in [0.1, 0.15) is 13.6 Å². The molecule has 2 heteroatoms. The first-order valence-electron chi connectivity index (χ1n) is 5.79. The molecule has 0 unspecified atom stereocenters. The monoisotopic (exact) mass is 224 g/mol. The zero-order chi connectivity index (χ0) is 12.7. The average molecular weight is 224 g/mol. The van der Waals surface area contributed by atoms with Crippen LogP contribution >= 0.6 is 0 Å². The molecule has 2 rings (SSSR count). The van der Waals surface area contributed by atoms with Gasteiger partial charge >= 0.3 is 0 Å². The van der Waals surface area contributed by atoms with Crippen LogP contribution in [-0.2, 0) is 0 Å². The van der Waals surface area contributed by atoms with Crippen LogP contribution in [0.4, 0.5) is 0 Å². The van der Waals surface area contributed by atoms with E-state index in [0.717, 1.165) is 22.3 Å². The SMILES string of the molecule is CC.[B]c1ccc(-c2ccc(OC)cc2)cc1. The molecule has 1 nitrogen and oxygen atoms in total. The zero-order valence-electron chi connectivity index (χ0n) is 10.6. The van der Waals surface area contributed by atoms with Crippen molar-refractivity contribution in [2.75, 3.05) is 7.11 Å². The van der Waals surface area contributed by atoms with Crippen molar-refractivity contribution in [3.05, 3.63) is 48.5 Å². The molecule has 17 heavy (non-hydrogen) atoms. The fraction of sp³-hybridized carbons (Fsp3) is 0.200. The van der Waals surface area contributed by atoms with Gasteiger partial charge in [0.15, 0.2) is 0 Å². The van der Waals surface area contributed by atoms with Gasteiger partial charge in [-0.2, -0.15) is 0 Å². The molecule has 0 N–H and O–H groups in total. The molecule has 0 amide bonds. The second-order valence-corrected chi connectivity index (χ2v) is 3.35. The lowest BCUT2D eigenvalue weighted by atomic mass is 9.94. The minimum atomic E-state index is 0.785. The van der Waals surface area contributed by atoms with Gasteiger partial charge in [0.2, 0.25) is 0 Å². The number of hydrogen-bond acceptors (Lipinski definition) is 1. The van der Waals surface area contributed by atoms with E-state index in [9.17, 15) is 0 Å². The Kier molecular flexibility index (Phi) is 5.34. The van der Waals surface area contributed by atoms with E-state index in [1.807, 2.05) is 62.4 Å². The number of rotatable bonds is 2. The first kappa shape index (κ1) is 13.4. The highest BCUT2D eigenvalue weighted by Crippen LogP contribution is 2.21. The van der Waals surface area contributed by atoms with E-state index in [2.05, 4.69) is 0 Å². The molecule has 0 bridgehead atoms. The Hall–Kier alpha value is -1.70. The smallest absolute Gasteiger partial charge is 0.118 e. The third-order valence-corrected chi connectivity index (χ3v) is 2.33. The lowest BCUT2D eigenvalue weighted by Crippen LogP contribution is -1.99. The summed E-state index contributed by atoms with van der Waals surface area (Å²) in [6, 6.07) is 15.8. The van der Waals surface area contributed by atoms with Crippen molar-refractivity contribution < 1.29 is 4.74 Å². The Morgan fingerprint density at radius 3 is 1.59 bits per heavy atom. The van der Waals surface area contributed by atoms with Gasteiger partial charge < -0.3 is 4.74 Å². The van der Waals surface area contributed by atoms with Gasteiger partial charge in [-0.05, 0) is 23.3 Å². The molecule has 0 aromatic heterocycles. The summed E-state index contributed by atoms with van der Waals surface area (Å²) in [5.41, 5.74) is 3.11. The van der Waals surface area contributed by atoms with Crippen molar-refractivity contribution in [1.82, 2.24) is 0 Å². The Morgan fingerprint density at radius 1 is 0.765 bits per heavy atom. The fourth-order valence-electron chi connectivity index (χ4n) is 1.46. The van der Waals surface area contributed by atoms with Crippen LogP contribution in [0.5, 0.6) is 5.75 Å². The summed E-state index contributed by atoms with van der Waals surface area (Å²) in [4.78, 5) is 0. The Bertz CT molecular complexity index is 431. The van der Waals surface area contributed by atoms with Crippen molar-refractivity contribution in [2.24, 2.45) is 0 Å². The van der Waals surface area contributed by atoms with E-state index < -0.39 is 0 Å². The summed E-state index contributed by atoms with van der Waals surface area (Å²) in [7, 11) is 7.30. The van der Waals surface area contributed by atoms with Gasteiger partial charge in [0, 0.05) is 0 Å². The molecule has 0 aliphatic carbocycles. The molecule has 0 fully saturated rings. The molecule has 86 valence electrons. The van der Waals surface area contributed by atoms with E-state index in [1.54, 1.807) is 7.11 Å². The lowest BCUT2D eigenvalue weighted by molar-refractivity contribution is 0.415. The normalized spacial score (nSPS) is 9.12. The maximum absolute atomic E-state index is 5.63. The van der Waals surface area contributed by atoms with Crippen LogP contribution in [0.2, 0.25) is 0 Å². The van der Waals surface area contributed by atoms with Gasteiger partial charge in [-0.15, -0.1) is 0 Å². The van der Waals surface area contributed by atoms with Crippen LogP contribution in [0.1, 0.15) is 13.8 Å². The van der Waals surface area contributed by atoms with Crippen LogP contribution in [0.3, 0.4) is 0 Å². The minimum absolute atomic E-state index is 0.785. The second-order valence-electron chi connectivity index (χ2n) is 3.35. The molecular formula is C15H17BO. The van der Waals surface area contributed by atoms with E-state index in [-0.39, 0.29) is 0 Å². The molecule has 0 aliphatic heterocycles. The maximum Gasteiger partial charge on any atom is 0.118 e. The van der Waals surface area contributed by atoms with Crippen LogP contribution in [-0.4, -0.2) is 15.0 Å². The average Bonchev–Trinajstić information content (AvgIpc) is 2.42. The predicted octanol–water partition coefficient (Wildman–Crippen LogP) is 3.18. The number of benzene rings is 2. The summed E-state index contributed by atoms with van der Waals surface area (Å²) in [6.45, 7) is 4.00. The molecule has 0 saturated heterocycles. The fourth-order valence-corrected chi connectivity index (χ4v) is 1.46. The first-order valence-corrected chi connectivity index (χ1v) is 5.79. The van der Waals surface area contributed by atoms with E-state index in [4.69, 9.17) is 12.6 Å². The van der Waals surface area contributed by atoms with Crippen LogP contribution in [0.15, 0.2) is 48.5 Å². The quantitative estimate of drug-likeness (QED) is 0.712. The number of methoxy groups -OCH3 is 1. The highest BCUT2D eigenvalue weighted by atomic mass is 16.5. The summed E-state index contributed by atoms with van der Waals surface area (Å²) in [6.07, 6.45) is 0. The number of hydrogen-bond donors (Lipinski definition) is 0. The van der Waals surface area contributed by atoms with Crippen molar-refractivity contribution in [3.63, 3.8) is 0 Å². The van der Waals surface area contributed by atoms with Crippen LogP contribution in [0.25, 0.3) is 11.1 Å². The van der Waals surface area contributed by atoms with Crippen molar-refractivity contribution >= 4 is 13.3 Å². The van der Waals surface area contributed by atoms with E-state index in [0.29, 0.717) is 0 Å². The zero-order valence-corrected chi connectivity index (χ0v) is 10.6. The molecule has 2 radical (unpaired) electrons. The van der Waals surface area contributed by atoms with Crippen molar-refractivity contribution in [3.8, 4) is 16.9 Å². The third-order valence-electron chi connectivity index (χ3n) is 2.33. The van der Waals surface area contributed by atoms with Gasteiger partial charge in [-0.25, -0.2) is 0 Å². The largest absolute Gasteiger partial charge is 0.497 e. The Balaban J connectivity index is 0.000000686. The van der Waals surface area contributed by atoms with Gasteiger partial charge in [-0.3, -0.25) is 0 Å². The van der Waals surface area contributed by atoms with Crippen LogP contribution in [0, 0.1) is 0 Å². The summed E-state index contributed by atoms with van der Waals surface area (Å²) < 4.78 is 5.10. The highest BCUT2D eigenvalue weighted by Gasteiger charge is 1.97. The number of ether oxygens (including phenoxy) is 1. The highest BCUT2D eigenvalue weighted by molar-refractivity contribution is 6.32. The van der Waals surface area contributed by atoms with Gasteiger partial charge in [0.05, 0.1) is 7.11 Å². The van der Waals surface area contributed by atoms with Gasteiger partial charge in [0.25, 0.3) is 0 Å². The van der Waals surface area contributed by atoms with E-state index in [1.165, 1.54) is 0 Å². The minimum Gasteiger partial charge on any atom is -0.497 e. The van der Waals surface area contributed by atoms with Gasteiger partial charge in [-0.1, -0.05) is 55.7 Å². The van der Waals surface area contributed by atoms with Crippen molar-refractivity contribution in [1.29, 1.82) is 0 Å². The van der Waals surface area contributed by atoms with Crippen LogP contribution < -0.4 is 10.2 Å². The Morgan fingerprint density at radius 2 is 1.18 bits per heavy atom. The molecule has 0 aliphatic rings. The summed E-state index contributed by atoms with van der Waals surface area (Å²) in [5.74, 6) is 0.870. The summed E-state index contributed by atoms with van der Waals surface area (Å²) >= 11 is 0. The standard InChI is InChI=1S/C13H11BO.C2H6/c1-15-13-8-4-11(5-9-13)10-2-6-12(14)7-3-10;1-2/h2-9H,1H3;1-2H3. The molecule has 0 atom stereocenters. The predicted molar refractivity (Wildman–Crippen MR) is 75.2 cm³/mol.